The SMILES string of the molecule is COc1ccc(C(=O)O)cc1S(=O)(=O)Cc1cc(C(F)(F)F)c(Cl)cc1-n1cccc1.Cc1oncc1-c1ccc(-c2ccc(F)s2)c(CS(=O)(=O)c2cc(C(=O)O)ccc2C2CC2)c1.N#Cc1cc(CS(=O)(=O)c2cc(C(=O)O)ccc2C2CC2)c(-n2cccc2)cc1Cl.N#Cc1ccc(-c2cscn2)c(CS(=O)(=O)c2cc(C(=O)O)ccc2C2CC2)c1. The first-order valence-electron chi connectivity index (χ1n) is 37.4. The van der Waals surface area contributed by atoms with E-state index in [2.05, 4.69) is 10.1 Å². The van der Waals surface area contributed by atoms with Gasteiger partial charge in [-0.25, -0.2) is 57.8 Å². The molecule has 5 heterocycles. The van der Waals surface area contributed by atoms with E-state index in [1.165, 1.54) is 90.0 Å². The first kappa shape index (κ1) is 89.4. The number of carboxylic acids is 4. The first-order valence-corrected chi connectivity index (χ1v) is 46.5. The normalized spacial score (nSPS) is 13.3. The molecule has 3 saturated carbocycles. The summed E-state index contributed by atoms with van der Waals surface area (Å²) in [5.41, 5.74) is 7.73. The predicted molar refractivity (Wildman–Crippen MR) is 453 cm³/mol. The molecule has 0 amide bonds. The fourth-order valence-electron chi connectivity index (χ4n) is 13.9. The van der Waals surface area contributed by atoms with Gasteiger partial charge in [0.25, 0.3) is 0 Å². The van der Waals surface area contributed by atoms with Crippen molar-refractivity contribution in [2.45, 2.75) is 112 Å². The zero-order valence-corrected chi connectivity index (χ0v) is 71.3. The monoisotopic (exact) mass is 1830 g/mol. The number of nitrogens with zero attached hydrogens (tertiary/aromatic N) is 6. The summed E-state index contributed by atoms with van der Waals surface area (Å²) in [6, 6.07) is 45.0. The first-order chi connectivity index (χ1) is 58.8. The third-order valence-corrected chi connectivity index (χ3v) is 29.4. The highest BCUT2D eigenvalue weighted by Gasteiger charge is 2.38. The number of benzene rings is 8. The molecule has 16 rings (SSSR count). The minimum atomic E-state index is -4.80. The number of aromatic nitrogens is 4. The molecule has 3 aliphatic rings. The maximum Gasteiger partial charge on any atom is 0.417 e. The Morgan fingerprint density at radius 1 is 0.532 bits per heavy atom. The number of thiophene rings is 1. The molecule has 0 bridgehead atoms. The number of hydrogen-bond acceptors (Lipinski definition) is 20. The van der Waals surface area contributed by atoms with Crippen LogP contribution in [-0.2, 0) is 68.5 Å². The zero-order chi connectivity index (χ0) is 89.1. The smallest absolute Gasteiger partial charge is 0.417 e. The van der Waals surface area contributed by atoms with E-state index in [0.717, 1.165) is 79.2 Å². The van der Waals surface area contributed by atoms with Crippen molar-refractivity contribution in [3.8, 4) is 62.1 Å². The van der Waals surface area contributed by atoms with Gasteiger partial charge in [0.15, 0.2) is 44.5 Å². The number of rotatable bonds is 25. The van der Waals surface area contributed by atoms with Crippen LogP contribution in [0.3, 0.4) is 0 Å². The van der Waals surface area contributed by atoms with Crippen LogP contribution in [0, 0.1) is 34.7 Å². The van der Waals surface area contributed by atoms with Crippen molar-refractivity contribution in [3.63, 3.8) is 0 Å². The molecule has 24 nitrogen and oxygen atoms in total. The second-order valence-corrected chi connectivity index (χ2v) is 39.4. The Hall–Kier alpha value is -12.4. The number of halogens is 6. The number of hydrogen-bond donors (Lipinski definition) is 4. The number of ether oxygens (including phenoxy) is 1. The second kappa shape index (κ2) is 36.6. The zero-order valence-electron chi connectivity index (χ0n) is 64.9. The molecule has 3 fully saturated rings. The van der Waals surface area contributed by atoms with Gasteiger partial charge < -0.3 is 38.8 Å². The number of thiazole rings is 1. The molecule has 5 aromatic heterocycles. The Morgan fingerprint density at radius 3 is 1.39 bits per heavy atom. The Kier molecular flexibility index (Phi) is 26.4. The number of methoxy groups -OCH3 is 1. The molecule has 636 valence electrons. The largest absolute Gasteiger partial charge is 0.495 e. The molecule has 0 aliphatic heterocycles. The van der Waals surface area contributed by atoms with Gasteiger partial charge in [0, 0.05) is 46.2 Å². The summed E-state index contributed by atoms with van der Waals surface area (Å²) >= 11 is 14.3. The molecule has 0 saturated heterocycles. The molecule has 4 N–H and O–H groups in total. The van der Waals surface area contributed by atoms with Crippen molar-refractivity contribution in [1.82, 2.24) is 19.3 Å². The van der Waals surface area contributed by atoms with Gasteiger partial charge in [-0.2, -0.15) is 28.1 Å². The highest BCUT2D eigenvalue weighted by atomic mass is 35.5. The van der Waals surface area contributed by atoms with Gasteiger partial charge in [0.1, 0.15) is 22.5 Å². The molecule has 0 atom stereocenters. The summed E-state index contributed by atoms with van der Waals surface area (Å²) in [6.45, 7) is 1.76. The van der Waals surface area contributed by atoms with Gasteiger partial charge in [-0.1, -0.05) is 64.8 Å². The van der Waals surface area contributed by atoms with Gasteiger partial charge in [-0.05, 0) is 247 Å². The molecule has 124 heavy (non-hydrogen) atoms. The van der Waals surface area contributed by atoms with Gasteiger partial charge in [-0.15, -0.1) is 22.7 Å². The minimum Gasteiger partial charge on any atom is -0.495 e. The number of nitriles is 2. The molecule has 13 aromatic rings. The molecule has 36 heteroatoms. The van der Waals surface area contributed by atoms with Crippen LogP contribution in [-0.4, -0.2) is 104 Å². The summed E-state index contributed by atoms with van der Waals surface area (Å²) in [5, 5.41) is 60.7. The standard InChI is InChI=1S/C25H20FNO5S2.C22H17ClN2O4S.C21H16N2O4S2.C20H15ClF3NO5S/c1-14-21(12-27-32-14)16-4-6-19(22-8-9-24(26)33-22)18(10-16)13-34(30,31)23-11-17(25(28)29)5-7-20(23)15-2-3-15;23-19-11-20(25-7-1-2-8-25)17(9-16(19)12-24)13-30(28,29)21-10-15(22(26)27)5-6-18(21)14-3-4-14;22-9-13-1-5-17(19-10-28-12-23-19)16(7-13)11-29(26,27)20-8-15(21(24)25)4-6-18(20)14-2-3-14;1-30-17-5-4-12(19(26)27)9-18(17)31(28,29)11-13-8-14(20(22,23)24)15(21)10-16(13)25-6-2-3-7-25/h4-12,15H,2-3,13H2,1H3,(H,28,29);1-2,5-11,14H,3-4,13H2,(H,26,27);1,4-8,10,12,14H,2-3,11H2,(H,24,25);2-10H,11H2,1H3,(H,26,27). The fourth-order valence-corrected chi connectivity index (χ4v) is 22.4. The van der Waals surface area contributed by atoms with Crippen LogP contribution in [0.1, 0.15) is 159 Å². The van der Waals surface area contributed by atoms with E-state index in [1.54, 1.807) is 121 Å². The van der Waals surface area contributed by atoms with Crippen LogP contribution >= 0.6 is 45.9 Å². The van der Waals surface area contributed by atoms with Crippen LogP contribution in [0.25, 0.3) is 44.2 Å². The number of aryl methyl sites for hydroxylation is 1. The van der Waals surface area contributed by atoms with Crippen molar-refractivity contribution in [1.29, 1.82) is 10.5 Å². The van der Waals surface area contributed by atoms with Gasteiger partial charge in [0.2, 0.25) is 0 Å². The average molecular weight is 1840 g/mol. The maximum absolute atomic E-state index is 13.8. The third-order valence-electron chi connectivity index (χ3n) is 20.4. The quantitative estimate of drug-likeness (QED) is 0.0386. The number of alkyl halides is 3. The van der Waals surface area contributed by atoms with Crippen molar-refractivity contribution in [2.24, 2.45) is 0 Å². The summed E-state index contributed by atoms with van der Waals surface area (Å²) in [4.78, 5) is 50.2. The Balaban J connectivity index is 0.000000142. The van der Waals surface area contributed by atoms with E-state index in [4.69, 9.17) is 32.5 Å². The fraction of sp³-hybridized carbons (Fsp3) is 0.182. The van der Waals surface area contributed by atoms with Crippen LogP contribution in [0.5, 0.6) is 5.75 Å². The van der Waals surface area contributed by atoms with Crippen LogP contribution in [0.4, 0.5) is 17.6 Å². The lowest BCUT2D eigenvalue weighted by Crippen LogP contribution is -2.13. The molecule has 8 aromatic carbocycles. The Morgan fingerprint density at radius 2 is 0.976 bits per heavy atom. The van der Waals surface area contributed by atoms with Crippen LogP contribution in [0.15, 0.2) is 236 Å². The highest BCUT2D eigenvalue weighted by Crippen LogP contribution is 2.48. The maximum atomic E-state index is 13.8. The van der Waals surface area contributed by atoms with Crippen molar-refractivity contribution >= 4 is 109 Å². The molecular formula is C88H68Cl2F4N6O18S6. The lowest BCUT2D eigenvalue weighted by Gasteiger charge is -2.17. The number of carbonyl (C=O) groups is 4. The third kappa shape index (κ3) is 20.6. The van der Waals surface area contributed by atoms with E-state index < -0.39 is 90.6 Å². The van der Waals surface area contributed by atoms with Gasteiger partial charge in [0.05, 0.1) is 129 Å². The number of sulfone groups is 4. The summed E-state index contributed by atoms with van der Waals surface area (Å²) in [6.07, 6.45) is 8.62. The molecular weight excluding hydrogens is 1770 g/mol. The van der Waals surface area contributed by atoms with Crippen molar-refractivity contribution in [2.75, 3.05) is 7.11 Å². The van der Waals surface area contributed by atoms with E-state index in [-0.39, 0.29) is 105 Å². The van der Waals surface area contributed by atoms with E-state index >= 15 is 0 Å². The van der Waals surface area contributed by atoms with E-state index in [0.29, 0.717) is 78.2 Å². The predicted octanol–water partition coefficient (Wildman–Crippen LogP) is 19.7. The second-order valence-electron chi connectivity index (χ2n) is 29.0. The average Bonchev–Trinajstić information content (AvgIpc) is 1.31. The Labute approximate surface area is 725 Å². The molecule has 0 unspecified atom stereocenters. The van der Waals surface area contributed by atoms with Crippen LogP contribution < -0.4 is 4.74 Å². The van der Waals surface area contributed by atoms with E-state index in [9.17, 15) is 101 Å². The minimum absolute atomic E-state index is 0.0387. The molecule has 3 aliphatic carbocycles. The van der Waals surface area contributed by atoms with Crippen LogP contribution in [0.2, 0.25) is 10.0 Å². The van der Waals surface area contributed by atoms with Crippen molar-refractivity contribution < 1.29 is 100 Å². The lowest BCUT2D eigenvalue weighted by molar-refractivity contribution is -0.137. The highest BCUT2D eigenvalue weighted by molar-refractivity contribution is 7.91. The summed E-state index contributed by atoms with van der Waals surface area (Å²) < 4.78 is 175. The number of carboxylic acid groups (broad SMARTS) is 4. The lowest BCUT2D eigenvalue weighted by atomic mass is 10.00. The van der Waals surface area contributed by atoms with Gasteiger partial charge >= 0.3 is 30.1 Å². The number of aromatic carboxylic acids is 4. The van der Waals surface area contributed by atoms with Gasteiger partial charge in [-0.3, -0.25) is 0 Å². The Bertz CT molecular complexity index is 6940. The summed E-state index contributed by atoms with van der Waals surface area (Å²) in [5.74, 6) is -5.96. The molecule has 0 spiro atoms. The molecule has 0 radical (unpaired) electrons. The summed E-state index contributed by atoms with van der Waals surface area (Å²) in [7, 11) is -14.8. The van der Waals surface area contributed by atoms with E-state index in [1.807, 2.05) is 23.6 Å². The topological polar surface area (TPSA) is 391 Å². The van der Waals surface area contributed by atoms with Crippen molar-refractivity contribution in [3.05, 3.63) is 311 Å².